The molecule has 0 spiro atoms. The number of allylic oxidation sites excluding steroid dienone is 2. The smallest absolute Gasteiger partial charge is 0.303 e. The van der Waals surface area contributed by atoms with Crippen molar-refractivity contribution in [2.75, 3.05) is 0 Å². The van der Waals surface area contributed by atoms with Crippen LogP contribution in [0.1, 0.15) is 52.4 Å². The van der Waals surface area contributed by atoms with E-state index in [0.29, 0.717) is 5.92 Å². The van der Waals surface area contributed by atoms with Crippen molar-refractivity contribution >= 4 is 11.9 Å². The van der Waals surface area contributed by atoms with Crippen LogP contribution in [0.4, 0.5) is 0 Å². The van der Waals surface area contributed by atoms with Crippen molar-refractivity contribution in [3.05, 3.63) is 23.8 Å². The molecule has 1 saturated carbocycles. The topological polar surface area (TPSA) is 52.6 Å². The lowest BCUT2D eigenvalue weighted by atomic mass is 9.82. The summed E-state index contributed by atoms with van der Waals surface area (Å²) in [7, 11) is 0. The highest BCUT2D eigenvalue weighted by Gasteiger charge is 2.31. The summed E-state index contributed by atoms with van der Waals surface area (Å²) < 4.78 is 10.7. The van der Waals surface area contributed by atoms with Gasteiger partial charge in [0, 0.05) is 13.8 Å². The van der Waals surface area contributed by atoms with Crippen molar-refractivity contribution in [2.24, 2.45) is 5.92 Å². The van der Waals surface area contributed by atoms with E-state index in [0.717, 1.165) is 12.0 Å². The number of rotatable bonds is 4. The van der Waals surface area contributed by atoms with Crippen LogP contribution in [0.15, 0.2) is 23.8 Å². The van der Waals surface area contributed by atoms with Crippen LogP contribution in [0.25, 0.3) is 0 Å². The molecule has 2 atom stereocenters. The summed E-state index contributed by atoms with van der Waals surface area (Å²) in [5, 5.41) is 0. The molecule has 0 saturated heterocycles. The fourth-order valence-electron chi connectivity index (χ4n) is 3.22. The number of ether oxygens (including phenoxy) is 2. The number of carbonyl (C=O) groups excluding carboxylic acids is 2. The quantitative estimate of drug-likeness (QED) is 0.746. The first-order valence-corrected chi connectivity index (χ1v) is 7.78. The van der Waals surface area contributed by atoms with Gasteiger partial charge in [-0.1, -0.05) is 44.3 Å². The predicted octanol–water partition coefficient (Wildman–Crippen LogP) is 3.32. The Morgan fingerprint density at radius 1 is 1.10 bits per heavy atom. The Hall–Kier alpha value is -1.58. The maximum absolute atomic E-state index is 11.4. The van der Waals surface area contributed by atoms with E-state index in [1.807, 2.05) is 12.2 Å². The Labute approximate surface area is 126 Å². The van der Waals surface area contributed by atoms with Crippen LogP contribution in [0.5, 0.6) is 0 Å². The van der Waals surface area contributed by atoms with E-state index in [-0.39, 0.29) is 11.9 Å². The number of carbonyl (C=O) groups is 2. The third kappa shape index (κ3) is 4.73. The van der Waals surface area contributed by atoms with Crippen LogP contribution in [0.2, 0.25) is 0 Å². The molecule has 0 heterocycles. The van der Waals surface area contributed by atoms with E-state index in [1.165, 1.54) is 46.0 Å². The molecule has 2 rings (SSSR count). The number of hydrogen-bond donors (Lipinski definition) is 0. The van der Waals surface area contributed by atoms with Crippen molar-refractivity contribution in [1.29, 1.82) is 0 Å². The second-order valence-electron chi connectivity index (χ2n) is 5.94. The first-order valence-electron chi connectivity index (χ1n) is 7.78. The Morgan fingerprint density at radius 2 is 1.76 bits per heavy atom. The third-order valence-electron chi connectivity index (χ3n) is 4.12. The van der Waals surface area contributed by atoms with Gasteiger partial charge in [0.2, 0.25) is 0 Å². The minimum Gasteiger partial charge on any atom is -0.454 e. The van der Waals surface area contributed by atoms with Crippen molar-refractivity contribution in [3.8, 4) is 0 Å². The van der Waals surface area contributed by atoms with Gasteiger partial charge in [-0.05, 0) is 24.0 Å². The first-order chi connectivity index (χ1) is 10.1. The number of esters is 2. The molecule has 21 heavy (non-hydrogen) atoms. The first kappa shape index (κ1) is 15.8. The van der Waals surface area contributed by atoms with Crippen molar-refractivity contribution in [1.82, 2.24) is 0 Å². The van der Waals surface area contributed by atoms with E-state index >= 15 is 0 Å². The lowest BCUT2D eigenvalue weighted by molar-refractivity contribution is -0.159. The molecule has 0 aromatic rings. The van der Waals surface area contributed by atoms with Gasteiger partial charge >= 0.3 is 11.9 Å². The SMILES string of the molecule is CC(=O)O[C@H]1C=CC=C(CC2CCCCC2)[C@H]1OC(C)=O. The molecular formula is C17H24O4. The molecule has 1 fully saturated rings. The van der Waals surface area contributed by atoms with Gasteiger partial charge in [0.1, 0.15) is 0 Å². The molecule has 0 aliphatic heterocycles. The Balaban J connectivity index is 2.07. The van der Waals surface area contributed by atoms with Gasteiger partial charge in [0.15, 0.2) is 12.2 Å². The molecule has 2 aliphatic carbocycles. The summed E-state index contributed by atoms with van der Waals surface area (Å²) in [6.45, 7) is 2.76. The van der Waals surface area contributed by atoms with Crippen LogP contribution in [-0.4, -0.2) is 24.1 Å². The molecule has 0 aromatic carbocycles. The van der Waals surface area contributed by atoms with Gasteiger partial charge in [-0.2, -0.15) is 0 Å². The molecule has 2 aliphatic rings. The summed E-state index contributed by atoms with van der Waals surface area (Å²) in [5.74, 6) is -0.0600. The van der Waals surface area contributed by atoms with E-state index in [2.05, 4.69) is 0 Å². The minimum absolute atomic E-state index is 0.345. The van der Waals surface area contributed by atoms with Crippen LogP contribution >= 0.6 is 0 Å². The fourth-order valence-corrected chi connectivity index (χ4v) is 3.22. The van der Waals surface area contributed by atoms with E-state index in [4.69, 9.17) is 9.47 Å². The van der Waals surface area contributed by atoms with Gasteiger partial charge in [0.05, 0.1) is 0 Å². The van der Waals surface area contributed by atoms with E-state index < -0.39 is 12.2 Å². The van der Waals surface area contributed by atoms with Gasteiger partial charge in [0.25, 0.3) is 0 Å². The normalized spacial score (nSPS) is 26.1. The van der Waals surface area contributed by atoms with Crippen LogP contribution in [-0.2, 0) is 19.1 Å². The molecule has 4 nitrogen and oxygen atoms in total. The molecule has 0 bridgehead atoms. The van der Waals surface area contributed by atoms with Crippen LogP contribution in [0, 0.1) is 5.92 Å². The third-order valence-corrected chi connectivity index (χ3v) is 4.12. The Bertz CT molecular complexity index is 444. The zero-order valence-electron chi connectivity index (χ0n) is 12.8. The lowest BCUT2D eigenvalue weighted by Crippen LogP contribution is -2.36. The molecule has 0 amide bonds. The average Bonchev–Trinajstić information content (AvgIpc) is 2.42. The monoisotopic (exact) mass is 292 g/mol. The zero-order valence-corrected chi connectivity index (χ0v) is 12.8. The second kappa shape index (κ2) is 7.43. The number of hydrogen-bond acceptors (Lipinski definition) is 4. The lowest BCUT2D eigenvalue weighted by Gasteiger charge is -2.31. The Kier molecular flexibility index (Phi) is 5.59. The highest BCUT2D eigenvalue weighted by atomic mass is 16.6. The summed E-state index contributed by atoms with van der Waals surface area (Å²) in [5.41, 5.74) is 1.06. The standard InChI is InChI=1S/C17H24O4/c1-12(18)20-16-10-6-9-15(17(16)21-13(2)19)11-14-7-4-3-5-8-14/h6,9-10,14,16-17H,3-5,7-8,11H2,1-2H3/t16-,17+/m0/s1. The summed E-state index contributed by atoms with van der Waals surface area (Å²) >= 11 is 0. The predicted molar refractivity (Wildman–Crippen MR) is 79.5 cm³/mol. The molecule has 116 valence electrons. The van der Waals surface area contributed by atoms with Gasteiger partial charge in [-0.15, -0.1) is 0 Å². The van der Waals surface area contributed by atoms with Crippen LogP contribution in [0.3, 0.4) is 0 Å². The van der Waals surface area contributed by atoms with Gasteiger partial charge in [-0.3, -0.25) is 9.59 Å². The van der Waals surface area contributed by atoms with Gasteiger partial charge < -0.3 is 9.47 Å². The van der Waals surface area contributed by atoms with E-state index in [1.54, 1.807) is 6.08 Å². The molecule has 0 N–H and O–H groups in total. The minimum atomic E-state index is -0.505. The van der Waals surface area contributed by atoms with Crippen LogP contribution < -0.4 is 0 Å². The fraction of sp³-hybridized carbons (Fsp3) is 0.647. The molecule has 4 heteroatoms. The molecule has 0 unspecified atom stereocenters. The zero-order chi connectivity index (χ0) is 15.2. The molecule has 0 radical (unpaired) electrons. The van der Waals surface area contributed by atoms with E-state index in [9.17, 15) is 9.59 Å². The van der Waals surface area contributed by atoms with Crippen molar-refractivity contribution in [3.63, 3.8) is 0 Å². The maximum atomic E-state index is 11.4. The summed E-state index contributed by atoms with van der Waals surface area (Å²) in [4.78, 5) is 22.6. The second-order valence-corrected chi connectivity index (χ2v) is 5.94. The highest BCUT2D eigenvalue weighted by molar-refractivity contribution is 5.68. The summed E-state index contributed by atoms with van der Waals surface area (Å²) in [6.07, 6.45) is 11.9. The Morgan fingerprint density at radius 3 is 2.38 bits per heavy atom. The molecule has 0 aromatic heterocycles. The van der Waals surface area contributed by atoms with Crippen molar-refractivity contribution in [2.45, 2.75) is 64.6 Å². The molecular weight excluding hydrogens is 268 g/mol. The van der Waals surface area contributed by atoms with Crippen molar-refractivity contribution < 1.29 is 19.1 Å². The largest absolute Gasteiger partial charge is 0.454 e. The maximum Gasteiger partial charge on any atom is 0.303 e. The average molecular weight is 292 g/mol. The highest BCUT2D eigenvalue weighted by Crippen LogP contribution is 2.33. The summed E-state index contributed by atoms with van der Waals surface area (Å²) in [6, 6.07) is 0. The van der Waals surface area contributed by atoms with Gasteiger partial charge in [-0.25, -0.2) is 0 Å².